The van der Waals surface area contributed by atoms with E-state index < -0.39 is 29.9 Å². The maximum Gasteiger partial charge on any atom is 0.325 e. The Balaban J connectivity index is 1.49. The van der Waals surface area contributed by atoms with E-state index in [0.717, 1.165) is 15.7 Å². The van der Waals surface area contributed by atoms with Crippen molar-refractivity contribution in [1.82, 2.24) is 10.2 Å². The molecule has 0 aromatic heterocycles. The second kappa shape index (κ2) is 8.40. The van der Waals surface area contributed by atoms with Crippen LogP contribution >= 0.6 is 0 Å². The molecule has 8 heteroatoms. The summed E-state index contributed by atoms with van der Waals surface area (Å²) in [6.45, 7) is 1.08. The summed E-state index contributed by atoms with van der Waals surface area (Å²) >= 11 is 0. The van der Waals surface area contributed by atoms with Crippen molar-refractivity contribution in [2.45, 2.75) is 12.5 Å². The van der Waals surface area contributed by atoms with Gasteiger partial charge >= 0.3 is 6.03 Å². The lowest BCUT2D eigenvalue weighted by Gasteiger charge is -2.22. The number of urea groups is 1. The highest BCUT2D eigenvalue weighted by Gasteiger charge is 2.49. The summed E-state index contributed by atoms with van der Waals surface area (Å²) in [5.74, 6) is -0.615. The molecule has 0 bridgehead atoms. The number of carbonyl (C=O) groups excluding carboxylic acids is 3. The van der Waals surface area contributed by atoms with Crippen molar-refractivity contribution >= 4 is 34.3 Å². The van der Waals surface area contributed by atoms with E-state index in [-0.39, 0.29) is 6.61 Å². The van der Waals surface area contributed by atoms with Crippen LogP contribution in [-0.4, -0.2) is 35.9 Å². The van der Waals surface area contributed by atoms with Gasteiger partial charge in [0, 0.05) is 11.8 Å². The van der Waals surface area contributed by atoms with E-state index in [2.05, 4.69) is 10.6 Å². The first-order valence-electron chi connectivity index (χ1n) is 9.94. The highest BCUT2D eigenvalue weighted by Crippen LogP contribution is 2.31. The SMILES string of the molecule is C[C@@]1(c2ccc3ccccc3c2)NC(=O)N(CC(=O)Nc2cccc(OCC#N)c2)C1=O. The zero-order valence-corrected chi connectivity index (χ0v) is 17.3. The number of nitrogens with zero attached hydrogens (tertiary/aromatic N) is 2. The Hall–Kier alpha value is -4.38. The van der Waals surface area contributed by atoms with Gasteiger partial charge in [-0.1, -0.05) is 42.5 Å². The Morgan fingerprint density at radius 1 is 1.09 bits per heavy atom. The van der Waals surface area contributed by atoms with E-state index in [1.165, 1.54) is 0 Å². The Labute approximate surface area is 184 Å². The third-order valence-corrected chi connectivity index (χ3v) is 5.32. The number of nitrogens with one attached hydrogen (secondary N) is 2. The molecule has 1 heterocycles. The number of hydrogen-bond donors (Lipinski definition) is 2. The largest absolute Gasteiger partial charge is 0.479 e. The van der Waals surface area contributed by atoms with Gasteiger partial charge in [0.1, 0.15) is 23.9 Å². The predicted molar refractivity (Wildman–Crippen MR) is 118 cm³/mol. The van der Waals surface area contributed by atoms with Crippen LogP contribution in [0.1, 0.15) is 12.5 Å². The quantitative estimate of drug-likeness (QED) is 0.586. The second-order valence-electron chi connectivity index (χ2n) is 7.53. The van der Waals surface area contributed by atoms with E-state index in [1.54, 1.807) is 37.3 Å². The molecule has 4 amide bonds. The van der Waals surface area contributed by atoms with Crippen molar-refractivity contribution in [2.75, 3.05) is 18.5 Å². The van der Waals surface area contributed by atoms with Crippen LogP contribution in [0.5, 0.6) is 5.75 Å². The van der Waals surface area contributed by atoms with Gasteiger partial charge in [0.25, 0.3) is 5.91 Å². The third-order valence-electron chi connectivity index (χ3n) is 5.32. The first kappa shape index (κ1) is 20.9. The van der Waals surface area contributed by atoms with E-state index in [1.807, 2.05) is 42.5 Å². The number of carbonyl (C=O) groups is 3. The Kier molecular flexibility index (Phi) is 5.48. The number of amides is 4. The molecule has 0 aliphatic carbocycles. The highest BCUT2D eigenvalue weighted by atomic mass is 16.5. The van der Waals surface area contributed by atoms with Crippen molar-refractivity contribution in [3.8, 4) is 11.8 Å². The van der Waals surface area contributed by atoms with Crippen LogP contribution in [0.2, 0.25) is 0 Å². The fourth-order valence-electron chi connectivity index (χ4n) is 3.66. The van der Waals surface area contributed by atoms with Crippen LogP contribution in [0.3, 0.4) is 0 Å². The lowest BCUT2D eigenvalue weighted by molar-refractivity contribution is -0.133. The molecule has 3 aromatic carbocycles. The molecule has 160 valence electrons. The monoisotopic (exact) mass is 428 g/mol. The standard InChI is InChI=1S/C24H20N4O4/c1-24(18-10-9-16-5-2-3-6-17(16)13-18)22(30)28(23(31)27-24)15-21(29)26-19-7-4-8-20(14-19)32-12-11-25/h2-10,13-14H,12,15H2,1H3,(H,26,29)(H,27,31)/t24-/m0/s1. The average Bonchev–Trinajstić information content (AvgIpc) is 3.01. The number of rotatable bonds is 6. The van der Waals surface area contributed by atoms with Crippen molar-refractivity contribution in [3.05, 3.63) is 72.3 Å². The predicted octanol–water partition coefficient (Wildman–Crippen LogP) is 3.15. The number of imide groups is 1. The zero-order chi connectivity index (χ0) is 22.7. The molecule has 3 aromatic rings. The number of anilines is 1. The molecule has 8 nitrogen and oxygen atoms in total. The first-order chi connectivity index (χ1) is 15.4. The summed E-state index contributed by atoms with van der Waals surface area (Å²) in [5, 5.41) is 15.9. The molecule has 1 aliphatic rings. The maximum absolute atomic E-state index is 13.1. The van der Waals surface area contributed by atoms with Crippen molar-refractivity contribution in [2.24, 2.45) is 0 Å². The van der Waals surface area contributed by atoms with Gasteiger partial charge in [0.2, 0.25) is 5.91 Å². The molecular formula is C24H20N4O4. The zero-order valence-electron chi connectivity index (χ0n) is 17.3. The number of nitriles is 1. The van der Waals surface area contributed by atoms with Crippen LogP contribution in [-0.2, 0) is 15.1 Å². The molecular weight excluding hydrogens is 408 g/mol. The van der Waals surface area contributed by atoms with Gasteiger partial charge in [-0.2, -0.15) is 5.26 Å². The van der Waals surface area contributed by atoms with Crippen LogP contribution in [0.4, 0.5) is 10.5 Å². The summed E-state index contributed by atoms with van der Waals surface area (Å²) in [7, 11) is 0. The molecule has 0 saturated carbocycles. The lowest BCUT2D eigenvalue weighted by atomic mass is 9.90. The molecule has 1 fully saturated rings. The first-order valence-corrected chi connectivity index (χ1v) is 9.94. The van der Waals surface area contributed by atoms with E-state index in [0.29, 0.717) is 17.0 Å². The Bertz CT molecular complexity index is 1270. The van der Waals surface area contributed by atoms with E-state index >= 15 is 0 Å². The number of hydrogen-bond acceptors (Lipinski definition) is 5. The average molecular weight is 428 g/mol. The van der Waals surface area contributed by atoms with Crippen LogP contribution in [0, 0.1) is 11.3 Å². The second-order valence-corrected chi connectivity index (χ2v) is 7.53. The molecule has 0 radical (unpaired) electrons. The van der Waals surface area contributed by atoms with Gasteiger partial charge in [-0.15, -0.1) is 0 Å². The minimum atomic E-state index is -1.27. The maximum atomic E-state index is 13.1. The Morgan fingerprint density at radius 2 is 1.88 bits per heavy atom. The van der Waals surface area contributed by atoms with Crippen LogP contribution < -0.4 is 15.4 Å². The molecule has 1 saturated heterocycles. The fourth-order valence-corrected chi connectivity index (χ4v) is 3.66. The topological polar surface area (TPSA) is 112 Å². The summed E-state index contributed by atoms with van der Waals surface area (Å²) in [4.78, 5) is 39.1. The molecule has 1 aliphatic heterocycles. The van der Waals surface area contributed by atoms with Crippen molar-refractivity contribution in [3.63, 3.8) is 0 Å². The minimum Gasteiger partial charge on any atom is -0.479 e. The van der Waals surface area contributed by atoms with Gasteiger partial charge < -0.3 is 15.4 Å². The summed E-state index contributed by atoms with van der Waals surface area (Å²) in [5.41, 5.74) is -0.207. The highest BCUT2D eigenvalue weighted by molar-refractivity contribution is 6.10. The molecule has 4 rings (SSSR count). The molecule has 0 unspecified atom stereocenters. The van der Waals surface area contributed by atoms with Gasteiger partial charge in [-0.05, 0) is 41.5 Å². The Morgan fingerprint density at radius 3 is 2.66 bits per heavy atom. The normalized spacial score (nSPS) is 17.7. The van der Waals surface area contributed by atoms with Crippen molar-refractivity contribution in [1.29, 1.82) is 5.26 Å². The van der Waals surface area contributed by atoms with Gasteiger partial charge in [0.15, 0.2) is 6.61 Å². The van der Waals surface area contributed by atoms with Crippen molar-refractivity contribution < 1.29 is 19.1 Å². The molecule has 2 N–H and O–H groups in total. The summed E-state index contributed by atoms with van der Waals surface area (Å²) < 4.78 is 5.21. The number of benzene rings is 3. The van der Waals surface area contributed by atoms with Crippen LogP contribution in [0.15, 0.2) is 66.7 Å². The fraction of sp³-hybridized carbons (Fsp3) is 0.167. The smallest absolute Gasteiger partial charge is 0.325 e. The van der Waals surface area contributed by atoms with Crippen LogP contribution in [0.25, 0.3) is 10.8 Å². The van der Waals surface area contributed by atoms with E-state index in [4.69, 9.17) is 10.00 Å². The number of ether oxygens (including phenoxy) is 1. The van der Waals surface area contributed by atoms with E-state index in [9.17, 15) is 14.4 Å². The molecule has 0 spiro atoms. The third kappa shape index (κ3) is 3.96. The molecule has 32 heavy (non-hydrogen) atoms. The minimum absolute atomic E-state index is 0.118. The summed E-state index contributed by atoms with van der Waals surface area (Å²) in [6, 6.07) is 21.0. The lowest BCUT2D eigenvalue weighted by Crippen LogP contribution is -2.42. The summed E-state index contributed by atoms with van der Waals surface area (Å²) in [6.07, 6.45) is 0. The van der Waals surface area contributed by atoms with Gasteiger partial charge in [-0.3, -0.25) is 14.5 Å². The van der Waals surface area contributed by atoms with Gasteiger partial charge in [0.05, 0.1) is 0 Å². The van der Waals surface area contributed by atoms with Gasteiger partial charge in [-0.25, -0.2) is 4.79 Å². The number of fused-ring (bicyclic) bond motifs is 1. The molecule has 1 atom stereocenters.